The predicted molar refractivity (Wildman–Crippen MR) is 35.5 cm³/mol. The van der Waals surface area contributed by atoms with Crippen LogP contribution in [-0.2, 0) is 0 Å². The van der Waals surface area contributed by atoms with Gasteiger partial charge in [0.25, 0.3) is 0 Å². The highest BCUT2D eigenvalue weighted by atomic mass is 13.9. The molecule has 0 atom stereocenters. The first-order chi connectivity index (χ1) is 3.93. The molecular weight excluding hydrogens is 96.1 g/mol. The Labute approximate surface area is 49.5 Å². The molecule has 0 aromatic rings. The molecule has 0 saturated carbocycles. The molecule has 0 aliphatic heterocycles. The van der Waals surface area contributed by atoms with Gasteiger partial charge in [-0.05, 0) is 19.1 Å². The van der Waals surface area contributed by atoms with E-state index in [4.69, 9.17) is 0 Å². The average molecular weight is 104 g/mol. The second kappa shape index (κ2) is 2.34. The molecule has 1 rings (SSSR count). The van der Waals surface area contributed by atoms with Crippen LogP contribution in [0.3, 0.4) is 0 Å². The number of allylic oxidation sites excluding steroid dienone is 5. The van der Waals surface area contributed by atoms with Crippen LogP contribution in [0.25, 0.3) is 0 Å². The van der Waals surface area contributed by atoms with E-state index in [2.05, 4.69) is 5.73 Å². The highest BCUT2D eigenvalue weighted by Crippen LogP contribution is 2.01. The van der Waals surface area contributed by atoms with Crippen LogP contribution in [0.4, 0.5) is 0 Å². The third-order valence-corrected chi connectivity index (χ3v) is 0.968. The molecule has 0 aromatic carbocycles. The fourth-order valence-corrected chi connectivity index (χ4v) is 0.627. The van der Waals surface area contributed by atoms with Gasteiger partial charge in [-0.25, -0.2) is 0 Å². The number of hydrogen-bond acceptors (Lipinski definition) is 0. The lowest BCUT2D eigenvalue weighted by Gasteiger charge is -1.77. The van der Waals surface area contributed by atoms with Gasteiger partial charge in [0.1, 0.15) is 0 Å². The van der Waals surface area contributed by atoms with Crippen molar-refractivity contribution in [2.45, 2.75) is 6.92 Å². The first-order valence-corrected chi connectivity index (χ1v) is 2.69. The van der Waals surface area contributed by atoms with E-state index >= 15 is 0 Å². The molecule has 0 aromatic heterocycles. The largest absolute Gasteiger partial charge is 0.113 e. The Balaban J connectivity index is 2.75. The van der Waals surface area contributed by atoms with Gasteiger partial charge >= 0.3 is 0 Å². The van der Waals surface area contributed by atoms with Crippen LogP contribution >= 0.6 is 0 Å². The second-order valence-corrected chi connectivity index (χ2v) is 1.63. The van der Waals surface area contributed by atoms with Gasteiger partial charge in [-0.1, -0.05) is 18.2 Å². The molecule has 0 nitrogen and oxygen atoms in total. The van der Waals surface area contributed by atoms with Crippen molar-refractivity contribution < 1.29 is 0 Å². The highest BCUT2D eigenvalue weighted by Gasteiger charge is 1.82. The first-order valence-electron chi connectivity index (χ1n) is 2.69. The van der Waals surface area contributed by atoms with Gasteiger partial charge in [0.05, 0.1) is 0 Å². The Morgan fingerprint density at radius 2 is 2.50 bits per heavy atom. The van der Waals surface area contributed by atoms with Gasteiger partial charge in [0.15, 0.2) is 0 Å². The Bertz CT molecular complexity index is 186. The third kappa shape index (κ3) is 0.988. The minimum Gasteiger partial charge on any atom is -0.113 e. The lowest BCUT2D eigenvalue weighted by Crippen LogP contribution is -1.58. The van der Waals surface area contributed by atoms with E-state index in [-0.39, 0.29) is 0 Å². The summed E-state index contributed by atoms with van der Waals surface area (Å²) in [5.41, 5.74) is 4.21. The van der Waals surface area contributed by atoms with Crippen molar-refractivity contribution in [3.63, 3.8) is 0 Å². The number of hydrogen-bond donors (Lipinski definition) is 0. The van der Waals surface area contributed by atoms with E-state index in [1.165, 1.54) is 0 Å². The van der Waals surface area contributed by atoms with Crippen LogP contribution in [0.2, 0.25) is 0 Å². The van der Waals surface area contributed by atoms with E-state index in [0.717, 1.165) is 5.57 Å². The van der Waals surface area contributed by atoms with Crippen molar-refractivity contribution in [2.75, 3.05) is 0 Å². The van der Waals surface area contributed by atoms with E-state index in [1.54, 1.807) is 0 Å². The second-order valence-electron chi connectivity index (χ2n) is 1.63. The highest BCUT2D eigenvalue weighted by molar-refractivity contribution is 5.36. The molecule has 0 spiro atoms. The molecule has 0 heteroatoms. The molecule has 1 aliphatic rings. The summed E-state index contributed by atoms with van der Waals surface area (Å²) in [5, 5.41) is 0. The molecular formula is C8H8. The monoisotopic (exact) mass is 104 g/mol. The smallest absolute Gasteiger partial charge is 0.0161 e. The molecule has 0 fully saturated rings. The molecule has 0 heterocycles. The zero-order valence-electron chi connectivity index (χ0n) is 4.89. The first kappa shape index (κ1) is 5.14. The van der Waals surface area contributed by atoms with Gasteiger partial charge in [0, 0.05) is 5.57 Å². The third-order valence-electron chi connectivity index (χ3n) is 0.968. The summed E-state index contributed by atoms with van der Waals surface area (Å²) in [6.45, 7) is 2.00. The molecule has 8 heavy (non-hydrogen) atoms. The molecule has 0 saturated heterocycles. The lowest BCUT2D eigenvalue weighted by molar-refractivity contribution is 1.67. The summed E-state index contributed by atoms with van der Waals surface area (Å²) in [5.74, 6) is 0. The van der Waals surface area contributed by atoms with Crippen LogP contribution in [0, 0.1) is 0 Å². The average Bonchev–Trinajstić information content (AvgIpc) is 2.19. The quantitative estimate of drug-likeness (QED) is 0.447. The normalized spacial score (nSPS) is 15.9. The van der Waals surface area contributed by atoms with Gasteiger partial charge in [-0.3, -0.25) is 0 Å². The minimum atomic E-state index is 1.16. The predicted octanol–water partition coefficient (Wildman–Crippen LogP) is 2.21. The molecule has 0 unspecified atom stereocenters. The Morgan fingerprint density at radius 1 is 1.62 bits per heavy atom. The van der Waals surface area contributed by atoms with Crippen LogP contribution in [0.5, 0.6) is 0 Å². The van der Waals surface area contributed by atoms with Gasteiger partial charge < -0.3 is 0 Å². The molecule has 40 valence electrons. The standard InChI is InChI=1S/C8H8/c1-2-5-8-6-3-4-7-8/h2-6H,1H3/b5-2-. The summed E-state index contributed by atoms with van der Waals surface area (Å²) in [7, 11) is 0. The fourth-order valence-electron chi connectivity index (χ4n) is 0.627. The SMILES string of the molecule is C/C=C\C1=C=CC=C1. The van der Waals surface area contributed by atoms with Crippen LogP contribution in [-0.4, -0.2) is 0 Å². The van der Waals surface area contributed by atoms with Crippen molar-refractivity contribution in [1.29, 1.82) is 0 Å². The van der Waals surface area contributed by atoms with E-state index in [0.29, 0.717) is 0 Å². The molecule has 0 bridgehead atoms. The molecule has 0 amide bonds. The Morgan fingerprint density at radius 3 is 3.00 bits per heavy atom. The van der Waals surface area contributed by atoms with Crippen LogP contribution in [0.1, 0.15) is 6.92 Å². The van der Waals surface area contributed by atoms with Crippen molar-refractivity contribution >= 4 is 0 Å². The van der Waals surface area contributed by atoms with Crippen LogP contribution < -0.4 is 0 Å². The van der Waals surface area contributed by atoms with Gasteiger partial charge in [-0.15, -0.1) is 5.73 Å². The fraction of sp³-hybridized carbons (Fsp3) is 0.125. The maximum atomic E-state index is 3.05. The van der Waals surface area contributed by atoms with Crippen molar-refractivity contribution in [1.82, 2.24) is 0 Å². The van der Waals surface area contributed by atoms with E-state index < -0.39 is 0 Å². The van der Waals surface area contributed by atoms with Gasteiger partial charge in [-0.2, -0.15) is 0 Å². The summed E-state index contributed by atoms with van der Waals surface area (Å²) >= 11 is 0. The topological polar surface area (TPSA) is 0 Å². The number of rotatable bonds is 1. The van der Waals surface area contributed by atoms with Gasteiger partial charge in [0.2, 0.25) is 0 Å². The summed E-state index contributed by atoms with van der Waals surface area (Å²) in [6, 6.07) is 0. The van der Waals surface area contributed by atoms with Crippen molar-refractivity contribution in [2.24, 2.45) is 0 Å². The maximum Gasteiger partial charge on any atom is 0.0161 e. The Kier molecular flexibility index (Phi) is 1.51. The lowest BCUT2D eigenvalue weighted by atomic mass is 10.3. The summed E-state index contributed by atoms with van der Waals surface area (Å²) < 4.78 is 0. The molecule has 1 aliphatic carbocycles. The Hall–Kier alpha value is -1.00. The summed E-state index contributed by atoms with van der Waals surface area (Å²) in [6.07, 6.45) is 9.95. The zero-order chi connectivity index (χ0) is 5.82. The van der Waals surface area contributed by atoms with Crippen LogP contribution in [0.15, 0.2) is 41.7 Å². The van der Waals surface area contributed by atoms with Crippen molar-refractivity contribution in [3.05, 3.63) is 41.7 Å². The summed E-state index contributed by atoms with van der Waals surface area (Å²) in [4.78, 5) is 0. The molecule has 0 radical (unpaired) electrons. The maximum absolute atomic E-state index is 3.05. The minimum absolute atomic E-state index is 1.16. The zero-order valence-corrected chi connectivity index (χ0v) is 4.89. The van der Waals surface area contributed by atoms with E-state index in [9.17, 15) is 0 Å². The van der Waals surface area contributed by atoms with Crippen molar-refractivity contribution in [3.8, 4) is 0 Å². The molecule has 0 N–H and O–H groups in total. The van der Waals surface area contributed by atoms with E-state index in [1.807, 2.05) is 37.3 Å².